The van der Waals surface area contributed by atoms with Crippen LogP contribution in [0.1, 0.15) is 111 Å². The number of hydrogen-bond donors (Lipinski definition) is 0. The number of imide groups is 1. The number of aryl methyl sites for hydroxylation is 1. The Balaban J connectivity index is 1.79. The summed E-state index contributed by atoms with van der Waals surface area (Å²) in [6, 6.07) is 10.0. The van der Waals surface area contributed by atoms with Crippen molar-refractivity contribution in [2.24, 2.45) is 0 Å². The van der Waals surface area contributed by atoms with Crippen LogP contribution in [0.3, 0.4) is 0 Å². The maximum atomic E-state index is 13.4. The zero-order valence-corrected chi connectivity index (χ0v) is 18.8. The van der Waals surface area contributed by atoms with E-state index in [9.17, 15) is 9.59 Å². The van der Waals surface area contributed by atoms with Gasteiger partial charge in [-0.2, -0.15) is 0 Å². The second-order valence-corrected chi connectivity index (χ2v) is 8.70. The normalized spacial score (nSPS) is 13.5. The first-order chi connectivity index (χ1) is 14.7. The van der Waals surface area contributed by atoms with Crippen LogP contribution in [0, 0.1) is 0 Å². The maximum absolute atomic E-state index is 13.4. The van der Waals surface area contributed by atoms with Crippen molar-refractivity contribution >= 4 is 22.6 Å². The quantitative estimate of drug-likeness (QED) is 0.258. The van der Waals surface area contributed by atoms with E-state index in [1.165, 1.54) is 56.3 Å². The molecule has 3 heteroatoms. The minimum atomic E-state index is -0.120. The van der Waals surface area contributed by atoms with Crippen molar-refractivity contribution in [1.82, 2.24) is 4.90 Å². The fourth-order valence-electron chi connectivity index (χ4n) is 4.60. The van der Waals surface area contributed by atoms with Crippen LogP contribution in [0.25, 0.3) is 10.8 Å². The van der Waals surface area contributed by atoms with E-state index >= 15 is 0 Å². The molecule has 0 N–H and O–H groups in total. The SMILES string of the molecule is CCCCCCCCc1ccc2cccc3c2c1C(=O)N(CCCCCCC)C3=O. The number of amides is 2. The average Bonchev–Trinajstić information content (AvgIpc) is 2.76. The van der Waals surface area contributed by atoms with Gasteiger partial charge in [0, 0.05) is 17.5 Å². The van der Waals surface area contributed by atoms with E-state index in [-0.39, 0.29) is 11.8 Å². The highest BCUT2D eigenvalue weighted by Gasteiger charge is 2.33. The zero-order chi connectivity index (χ0) is 21.3. The Morgan fingerprint density at radius 2 is 1.37 bits per heavy atom. The van der Waals surface area contributed by atoms with Gasteiger partial charge >= 0.3 is 0 Å². The van der Waals surface area contributed by atoms with Crippen LogP contribution in [0.4, 0.5) is 0 Å². The van der Waals surface area contributed by atoms with Crippen LogP contribution >= 0.6 is 0 Å². The molecular formula is C27H37NO2. The van der Waals surface area contributed by atoms with E-state index < -0.39 is 0 Å². The second kappa shape index (κ2) is 11.3. The molecule has 1 aliphatic rings. The molecule has 0 fully saturated rings. The molecule has 1 aliphatic heterocycles. The molecule has 0 saturated carbocycles. The summed E-state index contributed by atoms with van der Waals surface area (Å²) in [5.74, 6) is -0.203. The lowest BCUT2D eigenvalue weighted by atomic mass is 9.88. The Hall–Kier alpha value is -2.16. The molecular weight excluding hydrogens is 370 g/mol. The van der Waals surface area contributed by atoms with Crippen LogP contribution in [-0.4, -0.2) is 23.3 Å². The largest absolute Gasteiger partial charge is 0.274 e. The summed E-state index contributed by atoms with van der Waals surface area (Å²) in [5.41, 5.74) is 2.59. The summed E-state index contributed by atoms with van der Waals surface area (Å²) < 4.78 is 0. The molecule has 2 aromatic carbocycles. The van der Waals surface area contributed by atoms with Gasteiger partial charge in [-0.15, -0.1) is 0 Å². The van der Waals surface area contributed by atoms with Gasteiger partial charge in [-0.25, -0.2) is 0 Å². The third kappa shape index (κ3) is 5.11. The maximum Gasteiger partial charge on any atom is 0.261 e. The van der Waals surface area contributed by atoms with Gasteiger partial charge in [0.2, 0.25) is 0 Å². The Morgan fingerprint density at radius 3 is 2.10 bits per heavy atom. The van der Waals surface area contributed by atoms with Gasteiger partial charge in [-0.1, -0.05) is 95.9 Å². The van der Waals surface area contributed by atoms with Crippen molar-refractivity contribution in [3.63, 3.8) is 0 Å². The molecule has 2 amide bonds. The van der Waals surface area contributed by atoms with Gasteiger partial charge in [-0.05, 0) is 36.3 Å². The monoisotopic (exact) mass is 407 g/mol. The van der Waals surface area contributed by atoms with Crippen LogP contribution in [-0.2, 0) is 6.42 Å². The number of carbonyl (C=O) groups is 2. The standard InChI is InChI=1S/C27H37NO2/c1-3-5-7-9-10-12-15-22-19-18-21-16-14-17-23-24(21)25(22)27(30)28(26(23)29)20-13-11-8-6-4-2/h14,16-19H,3-13,15,20H2,1-2H3. The van der Waals surface area contributed by atoms with E-state index in [1.54, 1.807) is 0 Å². The van der Waals surface area contributed by atoms with E-state index in [4.69, 9.17) is 0 Å². The van der Waals surface area contributed by atoms with Gasteiger partial charge < -0.3 is 0 Å². The Kier molecular flexibility index (Phi) is 8.48. The summed E-state index contributed by atoms with van der Waals surface area (Å²) in [6.07, 6.45) is 13.9. The molecule has 0 bridgehead atoms. The first kappa shape index (κ1) is 22.5. The smallest absolute Gasteiger partial charge is 0.261 e. The van der Waals surface area contributed by atoms with Crippen LogP contribution in [0.15, 0.2) is 30.3 Å². The van der Waals surface area contributed by atoms with E-state index in [0.29, 0.717) is 12.1 Å². The number of rotatable bonds is 13. The van der Waals surface area contributed by atoms with Crippen molar-refractivity contribution in [2.75, 3.05) is 6.54 Å². The van der Waals surface area contributed by atoms with Crippen molar-refractivity contribution in [3.8, 4) is 0 Å². The van der Waals surface area contributed by atoms with E-state index in [1.807, 2.05) is 18.2 Å². The first-order valence-corrected chi connectivity index (χ1v) is 12.1. The minimum absolute atomic E-state index is 0.0826. The predicted molar refractivity (Wildman–Crippen MR) is 125 cm³/mol. The highest BCUT2D eigenvalue weighted by molar-refractivity contribution is 6.26. The van der Waals surface area contributed by atoms with E-state index in [2.05, 4.69) is 26.0 Å². The fourth-order valence-corrected chi connectivity index (χ4v) is 4.60. The topological polar surface area (TPSA) is 37.4 Å². The fraction of sp³-hybridized carbons (Fsp3) is 0.556. The summed E-state index contributed by atoms with van der Waals surface area (Å²) in [5, 5.41) is 1.87. The molecule has 3 rings (SSSR count). The molecule has 0 saturated heterocycles. The van der Waals surface area contributed by atoms with E-state index in [0.717, 1.165) is 47.6 Å². The van der Waals surface area contributed by atoms with Crippen molar-refractivity contribution in [1.29, 1.82) is 0 Å². The summed E-state index contributed by atoms with van der Waals surface area (Å²) in [7, 11) is 0. The van der Waals surface area contributed by atoms with Gasteiger partial charge in [-0.3, -0.25) is 14.5 Å². The molecule has 0 spiro atoms. The summed E-state index contributed by atoms with van der Waals surface area (Å²) in [4.78, 5) is 28.1. The third-order valence-electron chi connectivity index (χ3n) is 6.35. The molecule has 0 atom stereocenters. The number of carbonyl (C=O) groups excluding carboxylic acids is 2. The molecule has 1 heterocycles. The summed E-state index contributed by atoms with van der Waals surface area (Å²) in [6.45, 7) is 4.96. The average molecular weight is 408 g/mol. The van der Waals surface area contributed by atoms with Gasteiger partial charge in [0.15, 0.2) is 0 Å². The highest BCUT2D eigenvalue weighted by Crippen LogP contribution is 2.33. The highest BCUT2D eigenvalue weighted by atomic mass is 16.2. The van der Waals surface area contributed by atoms with Crippen LogP contribution < -0.4 is 0 Å². The van der Waals surface area contributed by atoms with Gasteiger partial charge in [0.25, 0.3) is 11.8 Å². The molecule has 0 aliphatic carbocycles. The van der Waals surface area contributed by atoms with Crippen molar-refractivity contribution in [2.45, 2.75) is 90.9 Å². The lowest BCUT2D eigenvalue weighted by molar-refractivity contribution is 0.0607. The molecule has 3 nitrogen and oxygen atoms in total. The van der Waals surface area contributed by atoms with Gasteiger partial charge in [0.05, 0.1) is 5.56 Å². The molecule has 0 unspecified atom stereocenters. The Labute approximate surface area is 181 Å². The lowest BCUT2D eigenvalue weighted by Gasteiger charge is -2.28. The number of nitrogens with zero attached hydrogens (tertiary/aromatic N) is 1. The zero-order valence-electron chi connectivity index (χ0n) is 18.8. The molecule has 0 radical (unpaired) electrons. The van der Waals surface area contributed by atoms with Crippen LogP contribution in [0.2, 0.25) is 0 Å². The van der Waals surface area contributed by atoms with Crippen LogP contribution in [0.5, 0.6) is 0 Å². The number of unbranched alkanes of at least 4 members (excludes halogenated alkanes) is 9. The minimum Gasteiger partial charge on any atom is -0.274 e. The second-order valence-electron chi connectivity index (χ2n) is 8.70. The molecule has 30 heavy (non-hydrogen) atoms. The molecule has 0 aromatic heterocycles. The lowest BCUT2D eigenvalue weighted by Crippen LogP contribution is -2.41. The Bertz CT molecular complexity index is 871. The first-order valence-electron chi connectivity index (χ1n) is 12.1. The third-order valence-corrected chi connectivity index (χ3v) is 6.35. The Morgan fingerprint density at radius 1 is 0.700 bits per heavy atom. The molecule has 2 aromatic rings. The predicted octanol–water partition coefficient (Wildman–Crippen LogP) is 7.31. The number of hydrogen-bond acceptors (Lipinski definition) is 2. The van der Waals surface area contributed by atoms with Gasteiger partial charge in [0.1, 0.15) is 0 Å². The molecule has 162 valence electrons. The summed E-state index contributed by atoms with van der Waals surface area (Å²) >= 11 is 0. The number of benzene rings is 2. The van der Waals surface area contributed by atoms with Crippen molar-refractivity contribution in [3.05, 3.63) is 47.0 Å². The van der Waals surface area contributed by atoms with Crippen molar-refractivity contribution < 1.29 is 9.59 Å².